The summed E-state index contributed by atoms with van der Waals surface area (Å²) in [7, 11) is 1.32. The van der Waals surface area contributed by atoms with Crippen molar-refractivity contribution in [1.29, 1.82) is 0 Å². The highest BCUT2D eigenvalue weighted by atomic mass is 16.9. The summed E-state index contributed by atoms with van der Waals surface area (Å²) in [6.07, 6.45) is 2.67. The molecule has 11 atom stereocenters. The zero-order valence-corrected chi connectivity index (χ0v) is 26.0. The Morgan fingerprint density at radius 2 is 1.81 bits per heavy atom. The van der Waals surface area contributed by atoms with Crippen molar-refractivity contribution in [2.45, 2.75) is 122 Å². The molecule has 4 bridgehead atoms. The molecule has 11 unspecified atom stereocenters. The van der Waals surface area contributed by atoms with Crippen LogP contribution in [0, 0.1) is 28.1 Å². The number of ether oxygens (including phenoxy) is 5. The maximum Gasteiger partial charge on any atom is 0.306 e. The van der Waals surface area contributed by atoms with Crippen molar-refractivity contribution in [2.75, 3.05) is 7.11 Å². The topological polar surface area (TPSA) is 138 Å². The molecule has 6 aliphatic rings. The number of aliphatic hydroxyl groups is 2. The normalized spacial score (nSPS) is 52.1. The monoisotopic (exact) mass is 588 g/mol. The van der Waals surface area contributed by atoms with Gasteiger partial charge in [-0.3, -0.25) is 14.4 Å². The highest BCUT2D eigenvalue weighted by Gasteiger charge is 3.02. The van der Waals surface area contributed by atoms with Gasteiger partial charge in [-0.15, -0.1) is 0 Å². The first-order chi connectivity index (χ1) is 19.4. The van der Waals surface area contributed by atoms with E-state index >= 15 is 0 Å². The van der Waals surface area contributed by atoms with Crippen LogP contribution in [0.4, 0.5) is 0 Å². The van der Waals surface area contributed by atoms with E-state index < -0.39 is 80.6 Å². The third-order valence-electron chi connectivity index (χ3n) is 12.6. The fourth-order valence-corrected chi connectivity index (χ4v) is 11.2. The first kappa shape index (κ1) is 29.9. The molecule has 3 saturated heterocycles. The minimum absolute atomic E-state index is 0.0545. The fraction of sp³-hybridized carbons (Fsp3) is 0.781. The van der Waals surface area contributed by atoms with Gasteiger partial charge < -0.3 is 33.9 Å². The second kappa shape index (κ2) is 8.33. The maximum atomic E-state index is 14.3. The Bertz CT molecular complexity index is 1340. The van der Waals surface area contributed by atoms with Crippen LogP contribution >= 0.6 is 0 Å². The fourth-order valence-electron chi connectivity index (χ4n) is 11.2. The van der Waals surface area contributed by atoms with Crippen molar-refractivity contribution in [3.8, 4) is 0 Å². The lowest BCUT2D eigenvalue weighted by molar-refractivity contribution is -0.475. The molecule has 232 valence electrons. The lowest BCUT2D eigenvalue weighted by Crippen LogP contribution is -2.93. The lowest BCUT2D eigenvalue weighted by Gasteiger charge is -2.75. The van der Waals surface area contributed by atoms with Crippen LogP contribution in [0.2, 0.25) is 0 Å². The average Bonchev–Trinajstić information content (AvgIpc) is 3.35. The summed E-state index contributed by atoms with van der Waals surface area (Å²) in [5.41, 5.74) is -9.45. The smallest absolute Gasteiger partial charge is 0.306 e. The van der Waals surface area contributed by atoms with Crippen LogP contribution in [0.15, 0.2) is 23.8 Å². The zero-order chi connectivity index (χ0) is 31.1. The van der Waals surface area contributed by atoms with Crippen LogP contribution < -0.4 is 0 Å². The maximum absolute atomic E-state index is 14.3. The van der Waals surface area contributed by atoms with Gasteiger partial charge in [0.05, 0.1) is 19.6 Å². The molecule has 0 amide bonds. The number of carbonyl (C=O) groups excluding carboxylic acids is 3. The van der Waals surface area contributed by atoms with Gasteiger partial charge in [0, 0.05) is 41.1 Å². The minimum atomic E-state index is -2.12. The molecule has 2 spiro atoms. The highest BCUT2D eigenvalue weighted by molar-refractivity contribution is 6.02. The van der Waals surface area contributed by atoms with E-state index in [9.17, 15) is 24.6 Å². The summed E-state index contributed by atoms with van der Waals surface area (Å²) in [5, 5.41) is 25.2. The van der Waals surface area contributed by atoms with E-state index in [4.69, 9.17) is 23.7 Å². The molecular formula is C32H44O10. The van der Waals surface area contributed by atoms with Crippen molar-refractivity contribution in [1.82, 2.24) is 0 Å². The molecular weight excluding hydrogens is 544 g/mol. The second-order valence-electron chi connectivity index (χ2n) is 14.3. The quantitative estimate of drug-likeness (QED) is 0.259. The van der Waals surface area contributed by atoms with Gasteiger partial charge >= 0.3 is 11.9 Å². The molecule has 10 heteroatoms. The molecule has 6 fully saturated rings. The Hall–Kier alpha value is -2.11. The van der Waals surface area contributed by atoms with Crippen molar-refractivity contribution < 1.29 is 48.3 Å². The van der Waals surface area contributed by atoms with Crippen molar-refractivity contribution in [3.05, 3.63) is 23.8 Å². The molecule has 42 heavy (non-hydrogen) atoms. The van der Waals surface area contributed by atoms with Crippen molar-refractivity contribution in [3.63, 3.8) is 0 Å². The highest BCUT2D eigenvalue weighted by Crippen LogP contribution is 2.88. The first-order valence-corrected chi connectivity index (χ1v) is 15.0. The standard InChI is InChI=1S/C32H44O10/c1-10-13-17(11-2)22(35)25(4,5)18-14-21(34)39-24-31(37)23(36)26(6)16-30(31)27(7,19(26)15-20(33)38-9)29(12-3)32(18,24)42-28(8,40-29)41-30/h10-11,13,18-19,23-24,36-37H,12,14-16H2,1-9H3/b13-10-,17-11+. The number of hydrogen-bond donors (Lipinski definition) is 2. The minimum Gasteiger partial charge on any atom is -0.469 e. The summed E-state index contributed by atoms with van der Waals surface area (Å²) in [4.78, 5) is 40.8. The molecule has 2 N–H and O–H groups in total. The van der Waals surface area contributed by atoms with Gasteiger partial charge in [0.1, 0.15) is 16.8 Å². The molecule has 10 nitrogen and oxygen atoms in total. The number of Topliss-reactive ketones (excluding diaryl/α,β-unsaturated/α-hetero) is 1. The van der Waals surface area contributed by atoms with E-state index in [0.29, 0.717) is 12.0 Å². The zero-order valence-electron chi connectivity index (χ0n) is 26.0. The van der Waals surface area contributed by atoms with Crippen LogP contribution in [0.25, 0.3) is 0 Å². The third kappa shape index (κ3) is 2.71. The van der Waals surface area contributed by atoms with Crippen LogP contribution in [0.1, 0.15) is 81.1 Å². The molecule has 0 aromatic carbocycles. The number of fused-ring (bicyclic) bond motifs is 3. The summed E-state index contributed by atoms with van der Waals surface area (Å²) in [5.74, 6) is -4.38. The number of carbonyl (C=O) groups is 3. The van der Waals surface area contributed by atoms with Crippen molar-refractivity contribution >= 4 is 17.7 Å². The summed E-state index contributed by atoms with van der Waals surface area (Å²) in [6.45, 7) is 14.5. The molecule has 0 aromatic heterocycles. The molecule has 6 rings (SSSR count). The summed E-state index contributed by atoms with van der Waals surface area (Å²) < 4.78 is 31.9. The molecule has 3 aliphatic carbocycles. The van der Waals surface area contributed by atoms with Gasteiger partial charge in [-0.1, -0.05) is 52.8 Å². The molecule has 0 radical (unpaired) electrons. The van der Waals surface area contributed by atoms with E-state index in [0.717, 1.165) is 0 Å². The predicted octanol–water partition coefficient (Wildman–Crippen LogP) is 3.13. The molecule has 3 heterocycles. The number of rotatable bonds is 7. The average molecular weight is 589 g/mol. The van der Waals surface area contributed by atoms with E-state index in [2.05, 4.69) is 0 Å². The number of ketones is 1. The Balaban J connectivity index is 1.68. The van der Waals surface area contributed by atoms with Crippen LogP contribution in [0.5, 0.6) is 0 Å². The SMILES string of the molecule is C/C=C\C(=C/C)C(=O)C(C)(C)C1CC(=O)OC2C3(O)C(O)C4(C)CC35OC3(C)OC12C(CC)(O3)C5(C)C4CC(=O)OC. The van der Waals surface area contributed by atoms with E-state index in [1.165, 1.54) is 7.11 Å². The van der Waals surface area contributed by atoms with Crippen LogP contribution in [-0.2, 0) is 38.1 Å². The predicted molar refractivity (Wildman–Crippen MR) is 147 cm³/mol. The van der Waals surface area contributed by atoms with Gasteiger partial charge in [0.25, 0.3) is 5.97 Å². The van der Waals surface area contributed by atoms with Crippen LogP contribution in [0.3, 0.4) is 0 Å². The third-order valence-corrected chi connectivity index (χ3v) is 12.6. The number of esters is 2. The lowest BCUT2D eigenvalue weighted by atomic mass is 9.36. The van der Waals surface area contributed by atoms with Gasteiger partial charge in [0.2, 0.25) is 0 Å². The van der Waals surface area contributed by atoms with E-state index in [1.807, 2.05) is 27.7 Å². The first-order valence-electron chi connectivity index (χ1n) is 15.0. The summed E-state index contributed by atoms with van der Waals surface area (Å²) in [6, 6.07) is 0. The van der Waals surface area contributed by atoms with Gasteiger partial charge in [-0.25, -0.2) is 0 Å². The Labute approximate surface area is 246 Å². The number of allylic oxidation sites excluding steroid dienone is 4. The van der Waals surface area contributed by atoms with Gasteiger partial charge in [-0.05, 0) is 32.6 Å². The number of methoxy groups -OCH3 is 1. The van der Waals surface area contributed by atoms with Crippen LogP contribution in [-0.4, -0.2) is 75.6 Å². The molecule has 0 aromatic rings. The van der Waals surface area contributed by atoms with E-state index in [1.54, 1.807) is 45.9 Å². The number of aliphatic hydroxyl groups excluding tert-OH is 1. The number of hydrogen-bond acceptors (Lipinski definition) is 10. The Kier molecular flexibility index (Phi) is 5.93. The van der Waals surface area contributed by atoms with Crippen molar-refractivity contribution in [2.24, 2.45) is 28.1 Å². The van der Waals surface area contributed by atoms with E-state index in [-0.39, 0.29) is 25.0 Å². The largest absolute Gasteiger partial charge is 0.469 e. The summed E-state index contributed by atoms with van der Waals surface area (Å²) >= 11 is 0. The second-order valence-corrected chi connectivity index (χ2v) is 14.3. The Morgan fingerprint density at radius 1 is 1.14 bits per heavy atom. The van der Waals surface area contributed by atoms with Gasteiger partial charge in [0.15, 0.2) is 17.5 Å². The molecule has 3 saturated carbocycles. The molecule has 3 aliphatic heterocycles. The van der Waals surface area contributed by atoms with Gasteiger partial charge in [-0.2, -0.15) is 0 Å². The Morgan fingerprint density at radius 3 is 2.38 bits per heavy atom.